The minimum Gasteiger partial charge on any atom is -0.462 e. The van der Waals surface area contributed by atoms with Crippen molar-refractivity contribution in [2.45, 2.75) is 13.8 Å². The van der Waals surface area contributed by atoms with Crippen molar-refractivity contribution in [3.8, 4) is 0 Å². The van der Waals surface area contributed by atoms with E-state index in [0.29, 0.717) is 20.3 Å². The van der Waals surface area contributed by atoms with E-state index in [1.54, 1.807) is 25.2 Å². The summed E-state index contributed by atoms with van der Waals surface area (Å²) in [5.74, 6) is -1.19. The number of nitrogens with one attached hydrogen (secondary N) is 2. The van der Waals surface area contributed by atoms with Crippen LogP contribution in [0, 0.1) is 6.92 Å². The molecule has 0 fully saturated rings. The van der Waals surface area contributed by atoms with Gasteiger partial charge in [0.15, 0.2) is 0 Å². The van der Waals surface area contributed by atoms with Gasteiger partial charge in [-0.3, -0.25) is 9.59 Å². The van der Waals surface area contributed by atoms with Crippen LogP contribution in [0.3, 0.4) is 0 Å². The van der Waals surface area contributed by atoms with Gasteiger partial charge >= 0.3 is 5.97 Å². The molecule has 0 aliphatic heterocycles. The first kappa shape index (κ1) is 20.5. The fraction of sp³-hybridized carbons (Fsp3) is 0.190. The Kier molecular flexibility index (Phi) is 5.59. The molecule has 6 nitrogen and oxygen atoms in total. The highest BCUT2D eigenvalue weighted by Gasteiger charge is 2.27. The van der Waals surface area contributed by atoms with Crippen molar-refractivity contribution >= 4 is 76.3 Å². The van der Waals surface area contributed by atoms with Crippen molar-refractivity contribution < 1.29 is 19.1 Å². The zero-order chi connectivity index (χ0) is 21.4. The fourth-order valence-electron chi connectivity index (χ4n) is 3.16. The highest BCUT2D eigenvalue weighted by molar-refractivity contribution is 7.33. The lowest BCUT2D eigenvalue weighted by molar-refractivity contribution is 0.0527. The maximum Gasteiger partial charge on any atom is 0.341 e. The Bertz CT molecular complexity index is 1300. The molecule has 30 heavy (non-hydrogen) atoms. The molecule has 0 spiro atoms. The Labute approximate surface area is 184 Å². The van der Waals surface area contributed by atoms with Crippen LogP contribution in [0.1, 0.15) is 42.2 Å². The molecule has 3 heterocycles. The van der Waals surface area contributed by atoms with Gasteiger partial charge in [0.2, 0.25) is 0 Å². The molecule has 4 aromatic rings. The van der Waals surface area contributed by atoms with Crippen LogP contribution >= 0.6 is 34.0 Å². The zero-order valence-electron chi connectivity index (χ0n) is 16.5. The summed E-state index contributed by atoms with van der Waals surface area (Å²) in [6.07, 6.45) is 0. The highest BCUT2D eigenvalue weighted by Crippen LogP contribution is 2.40. The molecule has 0 saturated carbocycles. The Morgan fingerprint density at radius 2 is 1.80 bits per heavy atom. The number of carbonyl (C=O) groups excluding carboxylic acids is 3. The quantitative estimate of drug-likeness (QED) is 0.399. The van der Waals surface area contributed by atoms with Crippen molar-refractivity contribution in [2.75, 3.05) is 19.0 Å². The average molecular weight is 459 g/mol. The third-order valence-corrected chi connectivity index (χ3v) is 8.18. The summed E-state index contributed by atoms with van der Waals surface area (Å²) >= 11 is 4.12. The van der Waals surface area contributed by atoms with Gasteiger partial charge in [-0.05, 0) is 31.5 Å². The molecule has 2 N–H and O–H groups in total. The number of fused-ring (bicyclic) bond motifs is 3. The number of carbonyl (C=O) groups is 3. The van der Waals surface area contributed by atoms with Gasteiger partial charge in [-0.2, -0.15) is 0 Å². The number of hydrogen-bond donors (Lipinski definition) is 2. The Hall–Kier alpha value is -2.75. The minimum atomic E-state index is -0.560. The zero-order valence-corrected chi connectivity index (χ0v) is 18.9. The lowest BCUT2D eigenvalue weighted by Crippen LogP contribution is -2.17. The summed E-state index contributed by atoms with van der Waals surface area (Å²) < 4.78 is 8.43. The Morgan fingerprint density at radius 1 is 1.03 bits per heavy atom. The number of benzene rings is 1. The van der Waals surface area contributed by atoms with Crippen molar-refractivity contribution in [2.24, 2.45) is 0 Å². The smallest absolute Gasteiger partial charge is 0.341 e. The van der Waals surface area contributed by atoms with E-state index in [1.807, 2.05) is 24.3 Å². The highest BCUT2D eigenvalue weighted by atomic mass is 32.1. The van der Waals surface area contributed by atoms with E-state index in [0.717, 1.165) is 26.1 Å². The van der Waals surface area contributed by atoms with Crippen molar-refractivity contribution in [1.29, 1.82) is 0 Å². The van der Waals surface area contributed by atoms with Crippen molar-refractivity contribution in [3.63, 3.8) is 0 Å². The molecule has 0 aliphatic carbocycles. The summed E-state index contributed by atoms with van der Waals surface area (Å²) in [7, 11) is 1.52. The van der Waals surface area contributed by atoms with Crippen LogP contribution in [0.15, 0.2) is 30.3 Å². The maximum atomic E-state index is 13.0. The standard InChI is InChI=1S/C21H18N2O4S3/c1-4-27-21(26)15-10(2)16(19(25)22-3)30-20(15)23-18(24)14-9-13-17(29-14)11-7-5-6-8-12(11)28-13/h5-9H,4H2,1-3H3,(H,22,25)(H,23,24). The van der Waals surface area contributed by atoms with Gasteiger partial charge in [0.25, 0.3) is 11.8 Å². The van der Waals surface area contributed by atoms with Crippen LogP contribution in [0.25, 0.3) is 19.5 Å². The molecule has 9 heteroatoms. The van der Waals surface area contributed by atoms with Gasteiger partial charge in [0, 0.05) is 21.8 Å². The molecule has 3 aromatic heterocycles. The topological polar surface area (TPSA) is 84.5 Å². The van der Waals surface area contributed by atoms with Gasteiger partial charge < -0.3 is 15.4 Å². The second kappa shape index (κ2) is 8.17. The number of anilines is 1. The summed E-state index contributed by atoms with van der Waals surface area (Å²) in [6.45, 7) is 3.58. The molecule has 0 bridgehead atoms. The van der Waals surface area contributed by atoms with Crippen molar-refractivity contribution in [3.05, 3.63) is 51.2 Å². The van der Waals surface area contributed by atoms with Gasteiger partial charge in [0.05, 0.1) is 26.6 Å². The van der Waals surface area contributed by atoms with Crippen LogP contribution in [0.4, 0.5) is 5.00 Å². The first-order valence-corrected chi connectivity index (χ1v) is 11.6. The SMILES string of the molecule is CCOC(=O)c1c(NC(=O)c2cc3sc4ccccc4c3s2)sc(C(=O)NC)c1C. The van der Waals surface area contributed by atoms with Crippen LogP contribution in [-0.2, 0) is 4.74 Å². The number of esters is 1. The molecule has 0 radical (unpaired) electrons. The predicted octanol–water partition coefficient (Wildman–Crippen LogP) is 5.27. The first-order valence-electron chi connectivity index (χ1n) is 9.19. The lowest BCUT2D eigenvalue weighted by atomic mass is 10.1. The second-order valence-electron chi connectivity index (χ2n) is 6.42. The summed E-state index contributed by atoms with van der Waals surface area (Å²) in [5.41, 5.74) is 0.712. The normalized spacial score (nSPS) is 11.0. The van der Waals surface area contributed by atoms with Gasteiger partial charge in [0.1, 0.15) is 5.00 Å². The van der Waals surface area contributed by atoms with Crippen LogP contribution in [0.5, 0.6) is 0 Å². The Morgan fingerprint density at radius 3 is 2.53 bits per heavy atom. The molecule has 0 aliphatic rings. The van der Waals surface area contributed by atoms with Crippen LogP contribution in [-0.4, -0.2) is 31.4 Å². The lowest BCUT2D eigenvalue weighted by Gasteiger charge is -2.06. The number of hydrogen-bond acceptors (Lipinski definition) is 7. The third-order valence-electron chi connectivity index (χ3n) is 4.56. The summed E-state index contributed by atoms with van der Waals surface area (Å²) in [4.78, 5) is 38.5. The van der Waals surface area contributed by atoms with E-state index < -0.39 is 5.97 Å². The van der Waals surface area contributed by atoms with E-state index in [2.05, 4.69) is 16.7 Å². The molecule has 0 unspecified atom stereocenters. The van der Waals surface area contributed by atoms with E-state index in [4.69, 9.17) is 4.74 Å². The maximum absolute atomic E-state index is 13.0. The molecule has 1 aromatic carbocycles. The minimum absolute atomic E-state index is 0.199. The molecular formula is C21H18N2O4S3. The molecule has 0 saturated heterocycles. The second-order valence-corrected chi connectivity index (χ2v) is 9.57. The summed E-state index contributed by atoms with van der Waals surface area (Å²) in [5, 5.41) is 6.82. The predicted molar refractivity (Wildman–Crippen MR) is 124 cm³/mol. The van der Waals surface area contributed by atoms with Crippen LogP contribution in [0.2, 0.25) is 0 Å². The molecular weight excluding hydrogens is 440 g/mol. The molecule has 2 amide bonds. The number of thiophene rings is 3. The molecule has 0 atom stereocenters. The average Bonchev–Trinajstić information content (AvgIpc) is 3.38. The molecule has 154 valence electrons. The number of amides is 2. The van der Waals surface area contributed by atoms with E-state index in [1.165, 1.54) is 23.1 Å². The monoisotopic (exact) mass is 458 g/mol. The Balaban J connectivity index is 1.70. The van der Waals surface area contributed by atoms with Crippen molar-refractivity contribution in [1.82, 2.24) is 5.32 Å². The molecule has 4 rings (SSSR count). The van der Waals surface area contributed by atoms with Gasteiger partial charge in [-0.1, -0.05) is 18.2 Å². The van der Waals surface area contributed by atoms with Crippen LogP contribution < -0.4 is 10.6 Å². The van der Waals surface area contributed by atoms with E-state index >= 15 is 0 Å². The largest absolute Gasteiger partial charge is 0.462 e. The number of ether oxygens (including phenoxy) is 1. The fourth-order valence-corrected chi connectivity index (χ4v) is 6.71. The summed E-state index contributed by atoms with van der Waals surface area (Å²) in [6, 6.07) is 9.95. The van der Waals surface area contributed by atoms with Gasteiger partial charge in [-0.25, -0.2) is 4.79 Å². The number of rotatable bonds is 5. The van der Waals surface area contributed by atoms with E-state index in [9.17, 15) is 14.4 Å². The first-order chi connectivity index (χ1) is 14.4. The van der Waals surface area contributed by atoms with E-state index in [-0.39, 0.29) is 24.0 Å². The third kappa shape index (κ3) is 3.49. The van der Waals surface area contributed by atoms with Gasteiger partial charge in [-0.15, -0.1) is 34.0 Å².